The number of benzene rings is 2. The average Bonchev–Trinajstić information content (AvgIpc) is 3.56. The SMILES string of the molecule is CN1C2CCC1CC(CO)C2.CN1C2CCC1CC(COc1ccccc1F)C2.Cl.Fc1ccccc1OCC1CC2CCC(C1)N2. The summed E-state index contributed by atoms with van der Waals surface area (Å²) < 4.78 is 38.1. The van der Waals surface area contributed by atoms with Gasteiger partial charge in [-0.1, -0.05) is 24.3 Å². The highest BCUT2D eigenvalue weighted by molar-refractivity contribution is 5.85. The lowest BCUT2D eigenvalue weighted by molar-refractivity contribution is 0.0945. The van der Waals surface area contributed by atoms with Gasteiger partial charge in [-0.3, -0.25) is 0 Å². The van der Waals surface area contributed by atoms with Crippen LogP contribution in [0.15, 0.2) is 48.5 Å². The summed E-state index contributed by atoms with van der Waals surface area (Å²) in [4.78, 5) is 5.02. The fourth-order valence-corrected chi connectivity index (χ4v) is 9.18. The molecule has 0 aliphatic carbocycles. The molecule has 6 nitrogen and oxygen atoms in total. The minimum atomic E-state index is -0.260. The van der Waals surface area contributed by atoms with E-state index in [4.69, 9.17) is 14.6 Å². The molecule has 262 valence electrons. The first-order valence-corrected chi connectivity index (χ1v) is 17.9. The van der Waals surface area contributed by atoms with Gasteiger partial charge in [0.25, 0.3) is 0 Å². The molecule has 2 N–H and O–H groups in total. The zero-order valence-electron chi connectivity index (χ0n) is 28.2. The van der Waals surface area contributed by atoms with Gasteiger partial charge in [0.2, 0.25) is 0 Å². The number of aliphatic hydroxyl groups is 1. The van der Waals surface area contributed by atoms with Gasteiger partial charge in [0.1, 0.15) is 0 Å². The van der Waals surface area contributed by atoms with Crippen LogP contribution in [0.2, 0.25) is 0 Å². The van der Waals surface area contributed by atoms with Crippen molar-refractivity contribution in [3.8, 4) is 11.5 Å². The molecule has 0 spiro atoms. The standard InChI is InChI=1S/C15H20FNO.C14H18FNO.C9H17NO.ClH/c1-17-12-6-7-13(17)9-11(8-12)10-18-15-5-3-2-4-14(15)16;15-13-3-1-2-4-14(13)17-9-10-7-11-5-6-12(8-10)16-11;1-10-8-2-3-9(10)5-7(4-8)6-11;/h2-5,11-13H,6-10H2,1H3;1-4,10-12,16H,5-9H2;7-9,11H,2-6H2,1H3;1H. The summed E-state index contributed by atoms with van der Waals surface area (Å²) in [5, 5.41) is 12.6. The second-order valence-electron chi connectivity index (χ2n) is 14.9. The quantitative estimate of drug-likeness (QED) is 0.327. The fourth-order valence-electron chi connectivity index (χ4n) is 9.18. The van der Waals surface area contributed by atoms with Crippen molar-refractivity contribution in [1.82, 2.24) is 15.1 Å². The molecule has 2 aromatic rings. The lowest BCUT2D eigenvalue weighted by Gasteiger charge is -2.36. The van der Waals surface area contributed by atoms with E-state index < -0.39 is 0 Å². The number of hydrogen-bond acceptors (Lipinski definition) is 6. The molecule has 6 unspecified atom stereocenters. The third kappa shape index (κ3) is 9.39. The molecule has 6 aliphatic heterocycles. The largest absolute Gasteiger partial charge is 0.490 e. The summed E-state index contributed by atoms with van der Waals surface area (Å²) in [5.41, 5.74) is 0. The molecule has 6 atom stereocenters. The molecule has 9 heteroatoms. The number of nitrogens with one attached hydrogen (secondary N) is 1. The highest BCUT2D eigenvalue weighted by Gasteiger charge is 2.39. The van der Waals surface area contributed by atoms with Gasteiger partial charge in [-0.25, -0.2) is 8.78 Å². The predicted octanol–water partition coefficient (Wildman–Crippen LogP) is 7.09. The Balaban J connectivity index is 0.000000141. The van der Waals surface area contributed by atoms with Crippen molar-refractivity contribution in [2.45, 2.75) is 113 Å². The lowest BCUT2D eigenvalue weighted by atomic mass is 9.92. The summed E-state index contributed by atoms with van der Waals surface area (Å²) in [6.07, 6.45) is 15.1. The minimum absolute atomic E-state index is 0. The molecule has 8 rings (SSSR count). The minimum Gasteiger partial charge on any atom is -0.490 e. The summed E-state index contributed by atoms with van der Waals surface area (Å²) in [6, 6.07) is 17.7. The van der Waals surface area contributed by atoms with Crippen LogP contribution in [0.1, 0.15) is 77.0 Å². The van der Waals surface area contributed by atoms with Crippen LogP contribution in [0.3, 0.4) is 0 Å². The van der Waals surface area contributed by atoms with E-state index in [9.17, 15) is 8.78 Å². The summed E-state index contributed by atoms with van der Waals surface area (Å²) >= 11 is 0. The van der Waals surface area contributed by atoms with Gasteiger partial charge in [0.15, 0.2) is 23.1 Å². The Morgan fingerprint density at radius 2 is 1.00 bits per heavy atom. The highest BCUT2D eigenvalue weighted by Crippen LogP contribution is 2.38. The molecular weight excluding hydrogens is 620 g/mol. The Morgan fingerprint density at radius 3 is 1.40 bits per heavy atom. The van der Waals surface area contributed by atoms with Crippen molar-refractivity contribution in [3.63, 3.8) is 0 Å². The molecule has 0 radical (unpaired) electrons. The first kappa shape index (κ1) is 36.3. The van der Waals surface area contributed by atoms with Gasteiger partial charge < -0.3 is 29.7 Å². The number of nitrogens with zero attached hydrogens (tertiary/aromatic N) is 2. The maximum atomic E-state index is 13.4. The molecule has 0 aromatic heterocycles. The number of aliphatic hydroxyl groups excluding tert-OH is 1. The lowest BCUT2D eigenvalue weighted by Crippen LogP contribution is -2.41. The fraction of sp³-hybridized carbons (Fsp3) is 0.684. The molecule has 47 heavy (non-hydrogen) atoms. The van der Waals surface area contributed by atoms with E-state index >= 15 is 0 Å². The molecule has 2 aromatic carbocycles. The first-order valence-electron chi connectivity index (χ1n) is 17.9. The van der Waals surface area contributed by atoms with Gasteiger partial charge >= 0.3 is 0 Å². The molecule has 0 saturated carbocycles. The molecule has 6 aliphatic rings. The molecule has 6 heterocycles. The smallest absolute Gasteiger partial charge is 0.165 e. The van der Waals surface area contributed by atoms with E-state index in [0.717, 1.165) is 24.2 Å². The van der Waals surface area contributed by atoms with Crippen LogP contribution in [0.25, 0.3) is 0 Å². The normalized spacial score (nSPS) is 33.9. The van der Waals surface area contributed by atoms with Crippen LogP contribution in [-0.2, 0) is 0 Å². The monoisotopic (exact) mass is 675 g/mol. The van der Waals surface area contributed by atoms with Gasteiger partial charge in [-0.15, -0.1) is 12.4 Å². The molecular formula is C38H56ClF2N3O3. The topological polar surface area (TPSA) is 57.2 Å². The summed E-state index contributed by atoms with van der Waals surface area (Å²) in [6.45, 7) is 1.71. The Labute approximate surface area is 287 Å². The molecule has 6 saturated heterocycles. The summed E-state index contributed by atoms with van der Waals surface area (Å²) in [7, 11) is 4.46. The van der Waals surface area contributed by atoms with Crippen LogP contribution in [0.4, 0.5) is 8.78 Å². The van der Waals surface area contributed by atoms with Crippen molar-refractivity contribution >= 4 is 12.4 Å². The van der Waals surface area contributed by atoms with Crippen molar-refractivity contribution in [3.05, 3.63) is 60.2 Å². The third-order valence-electron chi connectivity index (χ3n) is 11.8. The Bertz CT molecular complexity index is 1220. The number of piperidine rings is 3. The van der Waals surface area contributed by atoms with E-state index in [2.05, 4.69) is 29.2 Å². The number of halogens is 3. The van der Waals surface area contributed by atoms with Gasteiger partial charge in [0.05, 0.1) is 13.2 Å². The zero-order valence-corrected chi connectivity index (χ0v) is 29.1. The molecule has 0 amide bonds. The second-order valence-corrected chi connectivity index (χ2v) is 14.9. The highest BCUT2D eigenvalue weighted by atomic mass is 35.5. The van der Waals surface area contributed by atoms with Crippen LogP contribution in [0.5, 0.6) is 11.5 Å². The van der Waals surface area contributed by atoms with E-state index in [1.807, 2.05) is 12.1 Å². The van der Waals surface area contributed by atoms with Crippen molar-refractivity contribution < 1.29 is 23.4 Å². The van der Waals surface area contributed by atoms with E-state index in [-0.39, 0.29) is 24.0 Å². The van der Waals surface area contributed by atoms with Crippen LogP contribution in [-0.4, -0.2) is 85.1 Å². The van der Waals surface area contributed by atoms with E-state index in [0.29, 0.717) is 61.2 Å². The van der Waals surface area contributed by atoms with Crippen LogP contribution in [0, 0.1) is 29.4 Å². The predicted molar refractivity (Wildman–Crippen MR) is 185 cm³/mol. The van der Waals surface area contributed by atoms with Gasteiger partial charge in [-0.05, 0) is 133 Å². The Kier molecular flexibility index (Phi) is 13.2. The van der Waals surface area contributed by atoms with Crippen LogP contribution < -0.4 is 14.8 Å². The molecule has 6 fully saturated rings. The van der Waals surface area contributed by atoms with Gasteiger partial charge in [-0.2, -0.15) is 0 Å². The number of hydrogen-bond donors (Lipinski definition) is 2. The Hall–Kier alpha value is -1.97. The average molecular weight is 676 g/mol. The second kappa shape index (κ2) is 17.1. The first-order chi connectivity index (χ1) is 22.4. The number of para-hydroxylation sites is 2. The van der Waals surface area contributed by atoms with E-state index in [1.54, 1.807) is 24.3 Å². The third-order valence-corrected chi connectivity index (χ3v) is 11.8. The maximum absolute atomic E-state index is 13.4. The number of rotatable bonds is 7. The zero-order chi connectivity index (χ0) is 32.0. The maximum Gasteiger partial charge on any atom is 0.165 e. The number of ether oxygens (including phenoxy) is 2. The van der Waals surface area contributed by atoms with E-state index in [1.165, 1.54) is 89.2 Å². The Morgan fingerprint density at radius 1 is 0.617 bits per heavy atom. The van der Waals surface area contributed by atoms with Crippen LogP contribution >= 0.6 is 12.4 Å². The van der Waals surface area contributed by atoms with Gasteiger partial charge in [0, 0.05) is 42.9 Å². The summed E-state index contributed by atoms with van der Waals surface area (Å²) in [5.74, 6) is 2.02. The molecule has 6 bridgehead atoms. The van der Waals surface area contributed by atoms with Crippen molar-refractivity contribution in [1.29, 1.82) is 0 Å². The number of fused-ring (bicyclic) bond motifs is 6. The van der Waals surface area contributed by atoms with Crippen molar-refractivity contribution in [2.24, 2.45) is 17.8 Å². The van der Waals surface area contributed by atoms with Crippen molar-refractivity contribution in [2.75, 3.05) is 33.9 Å².